The van der Waals surface area contributed by atoms with Crippen molar-refractivity contribution in [3.63, 3.8) is 0 Å². The first-order valence-electron chi connectivity index (χ1n) is 6.53. The van der Waals surface area contributed by atoms with E-state index in [0.29, 0.717) is 23.3 Å². The predicted octanol–water partition coefficient (Wildman–Crippen LogP) is 3.73. The van der Waals surface area contributed by atoms with Crippen LogP contribution in [0.5, 0.6) is 0 Å². The molecule has 0 fully saturated rings. The van der Waals surface area contributed by atoms with E-state index in [1.807, 2.05) is 32.0 Å². The topological polar surface area (TPSA) is 88.8 Å². The molecule has 0 spiro atoms. The highest BCUT2D eigenvalue weighted by Crippen LogP contribution is 2.23. The van der Waals surface area contributed by atoms with Crippen LogP contribution in [0.25, 0.3) is 0 Å². The van der Waals surface area contributed by atoms with Crippen LogP contribution in [0, 0.1) is 13.8 Å². The van der Waals surface area contributed by atoms with Gasteiger partial charge in [0.05, 0.1) is 6.20 Å². The van der Waals surface area contributed by atoms with Crippen LogP contribution in [-0.4, -0.2) is 20.3 Å². The first-order valence-corrected chi connectivity index (χ1v) is 7.33. The van der Waals surface area contributed by atoms with E-state index in [2.05, 4.69) is 46.9 Å². The van der Waals surface area contributed by atoms with Crippen molar-refractivity contribution in [1.82, 2.24) is 20.3 Å². The molecule has 0 aliphatic carbocycles. The van der Waals surface area contributed by atoms with Gasteiger partial charge in [-0.05, 0) is 37.6 Å². The number of aromatic nitrogens is 4. The summed E-state index contributed by atoms with van der Waals surface area (Å²) in [5, 5.41) is 17.8. The van der Waals surface area contributed by atoms with Gasteiger partial charge < -0.3 is 15.2 Å². The van der Waals surface area contributed by atoms with E-state index >= 15 is 0 Å². The van der Waals surface area contributed by atoms with E-state index in [0.717, 1.165) is 15.7 Å². The van der Waals surface area contributed by atoms with Gasteiger partial charge in [0.1, 0.15) is 5.76 Å². The maximum atomic E-state index is 4.98. The summed E-state index contributed by atoms with van der Waals surface area (Å²) in [7, 11) is 0. The third kappa shape index (κ3) is 3.40. The number of halogens is 1. The van der Waals surface area contributed by atoms with Crippen molar-refractivity contribution in [2.75, 3.05) is 10.6 Å². The molecule has 1 aromatic carbocycles. The average Bonchev–Trinajstić information content (AvgIpc) is 2.88. The summed E-state index contributed by atoms with van der Waals surface area (Å²) in [6, 6.07) is 7.70. The summed E-state index contributed by atoms with van der Waals surface area (Å²) < 4.78 is 6.01. The molecular weight excluding hydrogens is 348 g/mol. The Kier molecular flexibility index (Phi) is 4.01. The Bertz CT molecular complexity index is 804. The fourth-order valence-electron chi connectivity index (χ4n) is 1.86. The average molecular weight is 361 g/mol. The van der Waals surface area contributed by atoms with E-state index in [1.165, 1.54) is 0 Å². The molecule has 0 radical (unpaired) electrons. The largest absolute Gasteiger partial charge is 0.360 e. The van der Waals surface area contributed by atoms with Crippen LogP contribution < -0.4 is 10.6 Å². The fraction of sp³-hybridized carbons (Fsp3) is 0.143. The second-order valence-corrected chi connectivity index (χ2v) is 5.61. The summed E-state index contributed by atoms with van der Waals surface area (Å²) in [6.07, 6.45) is 1.56. The van der Waals surface area contributed by atoms with Gasteiger partial charge in [-0.1, -0.05) is 21.1 Å². The van der Waals surface area contributed by atoms with Crippen LogP contribution in [0.3, 0.4) is 0 Å². The van der Waals surface area contributed by atoms with Crippen molar-refractivity contribution in [3.05, 3.63) is 46.3 Å². The van der Waals surface area contributed by atoms with Crippen LogP contribution in [0.1, 0.15) is 11.3 Å². The third-order valence-electron chi connectivity index (χ3n) is 2.88. The molecule has 0 saturated carbocycles. The van der Waals surface area contributed by atoms with Crippen molar-refractivity contribution in [1.29, 1.82) is 0 Å². The molecule has 0 amide bonds. The zero-order chi connectivity index (χ0) is 15.5. The Morgan fingerprint density at radius 2 is 1.95 bits per heavy atom. The number of hydrogen-bond acceptors (Lipinski definition) is 7. The van der Waals surface area contributed by atoms with E-state index in [1.54, 1.807) is 12.3 Å². The molecule has 7 nitrogen and oxygen atoms in total. The van der Waals surface area contributed by atoms with Gasteiger partial charge in [0.25, 0.3) is 0 Å². The van der Waals surface area contributed by atoms with Gasteiger partial charge in [-0.25, -0.2) is 0 Å². The highest BCUT2D eigenvalue weighted by Gasteiger charge is 2.06. The Hall–Kier alpha value is -2.48. The molecule has 2 N–H and O–H groups in total. The molecule has 0 atom stereocenters. The second kappa shape index (κ2) is 6.10. The van der Waals surface area contributed by atoms with E-state index < -0.39 is 0 Å². The van der Waals surface area contributed by atoms with E-state index in [9.17, 15) is 0 Å². The standard InChI is InChI=1S/C14H13BrN6O/c1-8-5-10(15)3-4-11(8)17-13-7-16-20-14(19-13)18-12-6-9(2)22-21-12/h3-7H,1-2H3,(H2,17,18,19,20,21). The summed E-state index contributed by atoms with van der Waals surface area (Å²) in [5.74, 6) is 2.17. The number of anilines is 4. The lowest BCUT2D eigenvalue weighted by molar-refractivity contribution is 0.400. The number of rotatable bonds is 4. The van der Waals surface area contributed by atoms with Gasteiger partial charge in [-0.15, -0.1) is 5.10 Å². The predicted molar refractivity (Wildman–Crippen MR) is 86.5 cm³/mol. The summed E-state index contributed by atoms with van der Waals surface area (Å²) >= 11 is 3.44. The molecule has 112 valence electrons. The molecule has 3 rings (SSSR count). The van der Waals surface area contributed by atoms with Crippen LogP contribution in [0.4, 0.5) is 23.3 Å². The van der Waals surface area contributed by atoms with Crippen molar-refractivity contribution in [2.24, 2.45) is 0 Å². The number of benzene rings is 1. The minimum atomic E-state index is 0.341. The van der Waals surface area contributed by atoms with E-state index in [-0.39, 0.29) is 0 Å². The van der Waals surface area contributed by atoms with Gasteiger partial charge in [0.15, 0.2) is 11.6 Å². The Labute approximate surface area is 135 Å². The smallest absolute Gasteiger partial charge is 0.250 e. The highest BCUT2D eigenvalue weighted by atomic mass is 79.9. The molecule has 3 aromatic rings. The van der Waals surface area contributed by atoms with Gasteiger partial charge in [0.2, 0.25) is 5.95 Å². The molecule has 0 aliphatic rings. The number of nitrogens with one attached hydrogen (secondary N) is 2. The minimum Gasteiger partial charge on any atom is -0.360 e. The van der Waals surface area contributed by atoms with Crippen LogP contribution in [-0.2, 0) is 0 Å². The normalized spacial score (nSPS) is 10.5. The van der Waals surface area contributed by atoms with Crippen LogP contribution in [0.2, 0.25) is 0 Å². The van der Waals surface area contributed by atoms with Gasteiger partial charge >= 0.3 is 0 Å². The molecule has 0 aliphatic heterocycles. The maximum Gasteiger partial charge on any atom is 0.250 e. The molecule has 0 unspecified atom stereocenters. The fourth-order valence-corrected chi connectivity index (χ4v) is 2.34. The SMILES string of the molecule is Cc1cc(Nc2nncc(Nc3ccc(Br)cc3C)n2)no1. The van der Waals surface area contributed by atoms with Crippen molar-refractivity contribution >= 4 is 39.2 Å². The molecule has 8 heteroatoms. The molecule has 22 heavy (non-hydrogen) atoms. The summed E-state index contributed by atoms with van der Waals surface area (Å²) in [5.41, 5.74) is 2.04. The summed E-state index contributed by atoms with van der Waals surface area (Å²) in [6.45, 7) is 3.82. The van der Waals surface area contributed by atoms with Gasteiger partial charge in [0, 0.05) is 16.2 Å². The van der Waals surface area contributed by atoms with E-state index in [4.69, 9.17) is 4.52 Å². The van der Waals surface area contributed by atoms with Crippen LogP contribution >= 0.6 is 15.9 Å². The summed E-state index contributed by atoms with van der Waals surface area (Å²) in [4.78, 5) is 4.35. The zero-order valence-corrected chi connectivity index (χ0v) is 13.5. The molecular formula is C14H13BrN6O. The Balaban J connectivity index is 1.78. The molecule has 0 bridgehead atoms. The van der Waals surface area contributed by atoms with Crippen molar-refractivity contribution < 1.29 is 4.52 Å². The minimum absolute atomic E-state index is 0.341. The maximum absolute atomic E-state index is 4.98. The lowest BCUT2D eigenvalue weighted by Crippen LogP contribution is -2.03. The molecule has 2 aromatic heterocycles. The Morgan fingerprint density at radius 3 is 2.68 bits per heavy atom. The van der Waals surface area contributed by atoms with Crippen molar-refractivity contribution in [2.45, 2.75) is 13.8 Å². The van der Waals surface area contributed by atoms with Gasteiger partial charge in [-0.2, -0.15) is 10.1 Å². The quantitative estimate of drug-likeness (QED) is 0.732. The number of hydrogen-bond donors (Lipinski definition) is 2. The lowest BCUT2D eigenvalue weighted by atomic mass is 10.2. The third-order valence-corrected chi connectivity index (χ3v) is 3.37. The van der Waals surface area contributed by atoms with Gasteiger partial charge in [-0.3, -0.25) is 0 Å². The first-order chi connectivity index (χ1) is 10.6. The number of aryl methyl sites for hydroxylation is 2. The molecule has 2 heterocycles. The highest BCUT2D eigenvalue weighted by molar-refractivity contribution is 9.10. The first kappa shape index (κ1) is 14.5. The lowest BCUT2D eigenvalue weighted by Gasteiger charge is -2.09. The van der Waals surface area contributed by atoms with Crippen molar-refractivity contribution in [3.8, 4) is 0 Å². The Morgan fingerprint density at radius 1 is 1.09 bits per heavy atom. The van der Waals surface area contributed by atoms with Crippen LogP contribution in [0.15, 0.2) is 39.5 Å². The number of nitrogens with zero attached hydrogens (tertiary/aromatic N) is 4. The molecule has 0 saturated heterocycles. The monoisotopic (exact) mass is 360 g/mol. The second-order valence-electron chi connectivity index (χ2n) is 4.70. The zero-order valence-electron chi connectivity index (χ0n) is 12.0.